The average molecular weight is 376 g/mol. The molecule has 6 heteroatoms. The van der Waals surface area contributed by atoms with Crippen molar-refractivity contribution in [1.29, 1.82) is 0 Å². The van der Waals surface area contributed by atoms with E-state index in [1.165, 1.54) is 0 Å². The highest BCUT2D eigenvalue weighted by Crippen LogP contribution is 2.21. The van der Waals surface area contributed by atoms with Crippen LogP contribution < -0.4 is 10.2 Å². The predicted molar refractivity (Wildman–Crippen MR) is 94.1 cm³/mol. The monoisotopic (exact) mass is 375 g/mol. The first-order valence-electron chi connectivity index (χ1n) is 7.50. The number of morpholine rings is 1. The van der Waals surface area contributed by atoms with Crippen LogP contribution in [0.2, 0.25) is 0 Å². The number of benzene rings is 1. The normalized spacial score (nSPS) is 14.6. The Kier molecular flexibility index (Phi) is 4.93. The Balaban J connectivity index is 1.75. The SMILES string of the molecule is Cc1ccc(NC(=O)c2ccnc(N3CCOCC3)c2)cc1Br. The summed E-state index contributed by atoms with van der Waals surface area (Å²) in [6.45, 7) is 4.98. The molecule has 3 rings (SSSR count). The number of carbonyl (C=O) groups is 1. The molecular weight excluding hydrogens is 358 g/mol. The second-order valence-electron chi connectivity index (χ2n) is 5.42. The van der Waals surface area contributed by atoms with E-state index in [4.69, 9.17) is 4.74 Å². The van der Waals surface area contributed by atoms with Crippen LogP contribution in [0.4, 0.5) is 11.5 Å². The lowest BCUT2D eigenvalue weighted by Crippen LogP contribution is -2.36. The molecule has 1 N–H and O–H groups in total. The maximum absolute atomic E-state index is 12.4. The highest BCUT2D eigenvalue weighted by molar-refractivity contribution is 9.10. The summed E-state index contributed by atoms with van der Waals surface area (Å²) in [5.74, 6) is 0.670. The fourth-order valence-corrected chi connectivity index (χ4v) is 2.78. The molecule has 1 amide bonds. The van der Waals surface area contributed by atoms with E-state index in [0.29, 0.717) is 18.8 Å². The highest BCUT2D eigenvalue weighted by atomic mass is 79.9. The molecule has 2 heterocycles. The van der Waals surface area contributed by atoms with Crippen molar-refractivity contribution in [2.45, 2.75) is 6.92 Å². The molecule has 1 aromatic heterocycles. The van der Waals surface area contributed by atoms with Gasteiger partial charge in [0.15, 0.2) is 0 Å². The molecule has 0 aliphatic carbocycles. The zero-order chi connectivity index (χ0) is 16.2. The van der Waals surface area contributed by atoms with Gasteiger partial charge in [-0.25, -0.2) is 4.98 Å². The van der Waals surface area contributed by atoms with Crippen LogP contribution in [0.3, 0.4) is 0 Å². The molecule has 0 radical (unpaired) electrons. The Hall–Kier alpha value is -1.92. The minimum atomic E-state index is -0.141. The van der Waals surface area contributed by atoms with E-state index >= 15 is 0 Å². The first-order chi connectivity index (χ1) is 11.1. The molecule has 5 nitrogen and oxygen atoms in total. The van der Waals surface area contributed by atoms with Gasteiger partial charge in [0.2, 0.25) is 0 Å². The fourth-order valence-electron chi connectivity index (χ4n) is 2.40. The third kappa shape index (κ3) is 3.89. The third-order valence-electron chi connectivity index (χ3n) is 3.77. The molecular formula is C17H18BrN3O2. The first kappa shape index (κ1) is 16.0. The van der Waals surface area contributed by atoms with Crippen LogP contribution in [-0.4, -0.2) is 37.2 Å². The molecule has 1 saturated heterocycles. The summed E-state index contributed by atoms with van der Waals surface area (Å²) < 4.78 is 6.32. The average Bonchev–Trinajstić information content (AvgIpc) is 2.59. The van der Waals surface area contributed by atoms with E-state index in [0.717, 1.165) is 34.6 Å². The van der Waals surface area contributed by atoms with Crippen molar-refractivity contribution in [3.05, 3.63) is 52.1 Å². The third-order valence-corrected chi connectivity index (χ3v) is 4.63. The standard InChI is InChI=1S/C17H18BrN3O2/c1-12-2-3-14(11-15(12)18)20-17(22)13-4-5-19-16(10-13)21-6-8-23-9-7-21/h2-5,10-11H,6-9H2,1H3,(H,20,22). The summed E-state index contributed by atoms with van der Waals surface area (Å²) >= 11 is 3.48. The van der Waals surface area contributed by atoms with E-state index < -0.39 is 0 Å². The van der Waals surface area contributed by atoms with Gasteiger partial charge in [-0.3, -0.25) is 4.79 Å². The smallest absolute Gasteiger partial charge is 0.255 e. The van der Waals surface area contributed by atoms with Crippen molar-refractivity contribution in [1.82, 2.24) is 4.98 Å². The Labute approximate surface area is 143 Å². The highest BCUT2D eigenvalue weighted by Gasteiger charge is 2.14. The molecule has 1 aliphatic rings. The summed E-state index contributed by atoms with van der Waals surface area (Å²) in [7, 11) is 0. The van der Waals surface area contributed by atoms with Crippen LogP contribution in [0.1, 0.15) is 15.9 Å². The first-order valence-corrected chi connectivity index (χ1v) is 8.29. The molecule has 0 atom stereocenters. The van der Waals surface area contributed by atoms with Crippen LogP contribution in [-0.2, 0) is 4.74 Å². The van der Waals surface area contributed by atoms with Crippen LogP contribution in [0.25, 0.3) is 0 Å². The van der Waals surface area contributed by atoms with Gasteiger partial charge in [0, 0.05) is 35.0 Å². The molecule has 120 valence electrons. The number of ether oxygens (including phenoxy) is 1. The molecule has 0 saturated carbocycles. The van der Waals surface area contributed by atoms with Crippen molar-refractivity contribution < 1.29 is 9.53 Å². The number of pyridine rings is 1. The number of nitrogens with one attached hydrogen (secondary N) is 1. The van der Waals surface area contributed by atoms with Gasteiger partial charge in [-0.05, 0) is 36.8 Å². The predicted octanol–water partition coefficient (Wildman–Crippen LogP) is 3.24. The van der Waals surface area contributed by atoms with Crippen molar-refractivity contribution >= 4 is 33.3 Å². The van der Waals surface area contributed by atoms with E-state index in [1.54, 1.807) is 12.3 Å². The topological polar surface area (TPSA) is 54.5 Å². The quantitative estimate of drug-likeness (QED) is 0.894. The summed E-state index contributed by atoms with van der Waals surface area (Å²) in [5.41, 5.74) is 2.48. The van der Waals surface area contributed by atoms with Crippen LogP contribution >= 0.6 is 15.9 Å². The maximum atomic E-state index is 12.4. The van der Waals surface area contributed by atoms with Crippen LogP contribution in [0.15, 0.2) is 41.0 Å². The van der Waals surface area contributed by atoms with Gasteiger partial charge in [-0.15, -0.1) is 0 Å². The maximum Gasteiger partial charge on any atom is 0.255 e. The summed E-state index contributed by atoms with van der Waals surface area (Å²) in [5, 5.41) is 2.92. The minimum Gasteiger partial charge on any atom is -0.378 e. The molecule has 0 bridgehead atoms. The minimum absolute atomic E-state index is 0.141. The summed E-state index contributed by atoms with van der Waals surface area (Å²) in [4.78, 5) is 18.9. The van der Waals surface area contributed by atoms with Crippen LogP contribution in [0.5, 0.6) is 0 Å². The lowest BCUT2D eigenvalue weighted by atomic mass is 10.2. The van der Waals surface area contributed by atoms with Crippen LogP contribution in [0, 0.1) is 6.92 Å². The van der Waals surface area contributed by atoms with Gasteiger partial charge in [0.25, 0.3) is 5.91 Å². The van der Waals surface area contributed by atoms with Gasteiger partial charge in [0.1, 0.15) is 5.82 Å². The van der Waals surface area contributed by atoms with Gasteiger partial charge in [-0.1, -0.05) is 22.0 Å². The van der Waals surface area contributed by atoms with Crippen molar-refractivity contribution in [2.24, 2.45) is 0 Å². The molecule has 23 heavy (non-hydrogen) atoms. The number of hydrogen-bond donors (Lipinski definition) is 1. The number of amides is 1. The second-order valence-corrected chi connectivity index (χ2v) is 6.27. The number of aryl methyl sites for hydroxylation is 1. The number of hydrogen-bond acceptors (Lipinski definition) is 4. The molecule has 0 spiro atoms. The Morgan fingerprint density at radius 3 is 2.78 bits per heavy atom. The van der Waals surface area contributed by atoms with Gasteiger partial charge in [0.05, 0.1) is 13.2 Å². The number of halogens is 1. The van der Waals surface area contributed by atoms with Gasteiger partial charge >= 0.3 is 0 Å². The van der Waals surface area contributed by atoms with E-state index in [9.17, 15) is 4.79 Å². The van der Waals surface area contributed by atoms with Crippen molar-refractivity contribution in [3.63, 3.8) is 0 Å². The van der Waals surface area contributed by atoms with Crippen molar-refractivity contribution in [2.75, 3.05) is 36.5 Å². The fraction of sp³-hybridized carbons (Fsp3) is 0.294. The molecule has 2 aromatic rings. The molecule has 1 aliphatic heterocycles. The zero-order valence-corrected chi connectivity index (χ0v) is 14.5. The largest absolute Gasteiger partial charge is 0.378 e. The lowest BCUT2D eigenvalue weighted by molar-refractivity contribution is 0.102. The summed E-state index contributed by atoms with van der Waals surface area (Å²) in [6.07, 6.45) is 1.67. The number of carbonyl (C=O) groups excluding carboxylic acids is 1. The Bertz CT molecular complexity index is 715. The second kappa shape index (κ2) is 7.10. The summed E-state index contributed by atoms with van der Waals surface area (Å²) in [6, 6.07) is 9.30. The van der Waals surface area contributed by atoms with E-state index in [-0.39, 0.29) is 5.91 Å². The van der Waals surface area contributed by atoms with E-state index in [1.807, 2.05) is 31.2 Å². The number of aromatic nitrogens is 1. The zero-order valence-electron chi connectivity index (χ0n) is 12.9. The Morgan fingerprint density at radius 2 is 2.04 bits per heavy atom. The lowest BCUT2D eigenvalue weighted by Gasteiger charge is -2.27. The Morgan fingerprint density at radius 1 is 1.26 bits per heavy atom. The van der Waals surface area contributed by atoms with Crippen molar-refractivity contribution in [3.8, 4) is 0 Å². The van der Waals surface area contributed by atoms with E-state index in [2.05, 4.69) is 31.1 Å². The number of anilines is 2. The molecule has 1 fully saturated rings. The van der Waals surface area contributed by atoms with Gasteiger partial charge < -0.3 is 15.0 Å². The van der Waals surface area contributed by atoms with Gasteiger partial charge in [-0.2, -0.15) is 0 Å². The number of nitrogens with zero attached hydrogens (tertiary/aromatic N) is 2. The molecule has 1 aromatic carbocycles. The number of rotatable bonds is 3. The molecule has 0 unspecified atom stereocenters.